The molecule has 0 saturated heterocycles. The van der Waals surface area contributed by atoms with Crippen LogP contribution in [0.15, 0.2) is 45.9 Å². The van der Waals surface area contributed by atoms with E-state index in [2.05, 4.69) is 53.7 Å². The van der Waals surface area contributed by atoms with Gasteiger partial charge in [0, 0.05) is 12.4 Å². The van der Waals surface area contributed by atoms with Gasteiger partial charge in [-0.05, 0) is 56.1 Å². The van der Waals surface area contributed by atoms with Crippen molar-refractivity contribution in [3.63, 3.8) is 0 Å². The molecule has 0 bridgehead atoms. The van der Waals surface area contributed by atoms with Crippen LogP contribution in [0.2, 0.25) is 0 Å². The topological polar surface area (TPSA) is 25.8 Å². The minimum Gasteiger partial charge on any atom is -0.248 e. The van der Waals surface area contributed by atoms with Gasteiger partial charge < -0.3 is 0 Å². The molecule has 0 radical (unpaired) electrons. The highest BCUT2D eigenvalue weighted by molar-refractivity contribution is 9.10. The van der Waals surface area contributed by atoms with Crippen molar-refractivity contribution in [2.75, 3.05) is 0 Å². The van der Waals surface area contributed by atoms with Gasteiger partial charge in [0.15, 0.2) is 0 Å². The van der Waals surface area contributed by atoms with Crippen LogP contribution in [0.5, 0.6) is 0 Å². The third kappa shape index (κ3) is 2.69. The maximum Gasteiger partial charge on any atom is 0.121 e. The van der Waals surface area contributed by atoms with Crippen molar-refractivity contribution in [1.82, 2.24) is 9.97 Å². The van der Waals surface area contributed by atoms with E-state index in [-0.39, 0.29) is 0 Å². The molecule has 0 aliphatic heterocycles. The molecule has 2 aromatic rings. The molecule has 0 aliphatic carbocycles. The normalized spacial score (nSPS) is 9.38. The number of hydrogen-bond acceptors (Lipinski definition) is 2. The number of nitrogens with zero attached hydrogens (tertiary/aromatic N) is 2. The van der Waals surface area contributed by atoms with Gasteiger partial charge in [-0.3, -0.25) is 0 Å². The van der Waals surface area contributed by atoms with E-state index in [9.17, 15) is 0 Å². The number of pyridine rings is 2. The molecule has 0 amide bonds. The van der Waals surface area contributed by atoms with Crippen LogP contribution >= 0.6 is 31.9 Å². The Bertz CT molecular complexity index is 521. The van der Waals surface area contributed by atoms with E-state index < -0.39 is 0 Å². The summed E-state index contributed by atoms with van der Waals surface area (Å²) in [5.41, 5.74) is 1.72. The van der Waals surface area contributed by atoms with Gasteiger partial charge in [-0.2, -0.15) is 0 Å². The predicted octanol–water partition coefficient (Wildman–Crippen LogP) is 3.40. The van der Waals surface area contributed by atoms with E-state index in [1.165, 1.54) is 0 Å². The molecule has 2 aromatic heterocycles. The molecule has 0 saturated carbocycles. The van der Waals surface area contributed by atoms with Gasteiger partial charge in [0.1, 0.15) is 9.21 Å². The van der Waals surface area contributed by atoms with Crippen LogP contribution in [0.1, 0.15) is 11.1 Å². The highest BCUT2D eigenvalue weighted by Gasteiger charge is 1.96. The van der Waals surface area contributed by atoms with Crippen molar-refractivity contribution in [3.8, 4) is 11.8 Å². The van der Waals surface area contributed by atoms with Gasteiger partial charge >= 0.3 is 0 Å². The Morgan fingerprint density at radius 3 is 1.62 bits per heavy atom. The van der Waals surface area contributed by atoms with E-state index >= 15 is 0 Å². The Balaban J connectivity index is 2.36. The average Bonchev–Trinajstić information content (AvgIpc) is 2.30. The number of hydrogen-bond donors (Lipinski definition) is 0. The first-order valence-electron chi connectivity index (χ1n) is 4.50. The molecule has 78 valence electrons. The zero-order valence-corrected chi connectivity index (χ0v) is 11.3. The standard InChI is InChI=1S/C12H6Br2N2/c13-11-9(3-1-7-15-11)5-6-10-4-2-8-16-12(10)14/h1-4,7-8H. The predicted molar refractivity (Wildman–Crippen MR) is 69.9 cm³/mol. The largest absolute Gasteiger partial charge is 0.248 e. The Morgan fingerprint density at radius 1 is 0.812 bits per heavy atom. The van der Waals surface area contributed by atoms with Crippen molar-refractivity contribution in [3.05, 3.63) is 57.0 Å². The first kappa shape index (κ1) is 11.3. The van der Waals surface area contributed by atoms with Crippen LogP contribution in [0, 0.1) is 11.8 Å². The van der Waals surface area contributed by atoms with Gasteiger partial charge in [-0.15, -0.1) is 0 Å². The van der Waals surface area contributed by atoms with Crippen molar-refractivity contribution >= 4 is 31.9 Å². The molecular formula is C12H6Br2N2. The van der Waals surface area contributed by atoms with Crippen molar-refractivity contribution in [2.45, 2.75) is 0 Å². The summed E-state index contributed by atoms with van der Waals surface area (Å²) in [5, 5.41) is 0. The first-order chi connectivity index (χ1) is 7.77. The van der Waals surface area contributed by atoms with Crippen molar-refractivity contribution < 1.29 is 0 Å². The molecule has 0 unspecified atom stereocenters. The summed E-state index contributed by atoms with van der Waals surface area (Å²) in [6.45, 7) is 0. The SMILES string of the molecule is Brc1ncccc1C#Cc1cccnc1Br. The van der Waals surface area contributed by atoms with Crippen LogP contribution in [0.3, 0.4) is 0 Å². The lowest BCUT2D eigenvalue weighted by Gasteiger charge is -1.94. The number of halogens is 2. The van der Waals surface area contributed by atoms with Crippen LogP contribution in [0.25, 0.3) is 0 Å². The minimum atomic E-state index is 0.752. The molecule has 0 N–H and O–H groups in total. The summed E-state index contributed by atoms with van der Waals surface area (Å²) in [6, 6.07) is 7.53. The van der Waals surface area contributed by atoms with Gasteiger partial charge in [-0.1, -0.05) is 11.8 Å². The van der Waals surface area contributed by atoms with Gasteiger partial charge in [0.2, 0.25) is 0 Å². The van der Waals surface area contributed by atoms with Gasteiger partial charge in [0.25, 0.3) is 0 Å². The van der Waals surface area contributed by atoms with Crippen molar-refractivity contribution in [2.24, 2.45) is 0 Å². The van der Waals surface area contributed by atoms with Gasteiger partial charge in [0.05, 0.1) is 11.1 Å². The smallest absolute Gasteiger partial charge is 0.121 e. The molecule has 0 aliphatic rings. The van der Waals surface area contributed by atoms with Crippen LogP contribution < -0.4 is 0 Å². The highest BCUT2D eigenvalue weighted by atomic mass is 79.9. The lowest BCUT2D eigenvalue weighted by atomic mass is 10.2. The second-order valence-electron chi connectivity index (χ2n) is 2.93. The van der Waals surface area contributed by atoms with Crippen LogP contribution in [-0.4, -0.2) is 9.97 Å². The first-order valence-corrected chi connectivity index (χ1v) is 6.09. The number of rotatable bonds is 0. The fourth-order valence-corrected chi connectivity index (χ4v) is 1.79. The second kappa shape index (κ2) is 5.24. The summed E-state index contributed by atoms with van der Waals surface area (Å²) in [6.07, 6.45) is 3.44. The Kier molecular flexibility index (Phi) is 3.70. The lowest BCUT2D eigenvalue weighted by Crippen LogP contribution is -1.83. The summed E-state index contributed by atoms with van der Waals surface area (Å²) in [7, 11) is 0. The fourth-order valence-electron chi connectivity index (χ4n) is 1.09. The van der Waals surface area contributed by atoms with E-state index in [1.54, 1.807) is 12.4 Å². The maximum atomic E-state index is 4.10. The fraction of sp³-hybridized carbons (Fsp3) is 0. The summed E-state index contributed by atoms with van der Waals surface area (Å²) in [5.74, 6) is 6.08. The molecule has 2 heterocycles. The molecule has 16 heavy (non-hydrogen) atoms. The van der Waals surface area contributed by atoms with Crippen LogP contribution in [-0.2, 0) is 0 Å². The highest BCUT2D eigenvalue weighted by Crippen LogP contribution is 2.13. The van der Waals surface area contributed by atoms with Gasteiger partial charge in [-0.25, -0.2) is 9.97 Å². The summed E-state index contributed by atoms with van der Waals surface area (Å²) < 4.78 is 1.50. The van der Waals surface area contributed by atoms with E-state index in [0.29, 0.717) is 0 Å². The Morgan fingerprint density at radius 2 is 1.25 bits per heavy atom. The molecule has 4 heteroatoms. The molecule has 0 atom stereocenters. The molecule has 0 fully saturated rings. The molecule has 0 spiro atoms. The molecule has 0 aromatic carbocycles. The Hall–Kier alpha value is -1.18. The minimum absolute atomic E-state index is 0.752. The van der Waals surface area contributed by atoms with E-state index in [4.69, 9.17) is 0 Å². The monoisotopic (exact) mass is 336 g/mol. The maximum absolute atomic E-state index is 4.10. The summed E-state index contributed by atoms with van der Waals surface area (Å²) in [4.78, 5) is 8.20. The third-order valence-electron chi connectivity index (χ3n) is 1.85. The Labute approximate surface area is 110 Å². The zero-order valence-electron chi connectivity index (χ0n) is 8.11. The molecular weight excluding hydrogens is 332 g/mol. The van der Waals surface area contributed by atoms with E-state index in [1.807, 2.05) is 24.3 Å². The van der Waals surface area contributed by atoms with Crippen molar-refractivity contribution in [1.29, 1.82) is 0 Å². The van der Waals surface area contributed by atoms with Crippen LogP contribution in [0.4, 0.5) is 0 Å². The molecule has 2 nitrogen and oxygen atoms in total. The lowest BCUT2D eigenvalue weighted by molar-refractivity contribution is 1.25. The summed E-state index contributed by atoms with van der Waals surface area (Å²) >= 11 is 6.69. The number of aromatic nitrogens is 2. The average molecular weight is 338 g/mol. The second-order valence-corrected chi connectivity index (χ2v) is 4.44. The quantitative estimate of drug-likeness (QED) is 0.544. The van der Waals surface area contributed by atoms with E-state index in [0.717, 1.165) is 20.3 Å². The zero-order chi connectivity index (χ0) is 11.4. The third-order valence-corrected chi connectivity index (χ3v) is 3.11. The molecule has 2 rings (SSSR count).